The molecule has 0 radical (unpaired) electrons. The fraction of sp³-hybridized carbons (Fsp3) is 0.625. The zero-order valence-corrected chi connectivity index (χ0v) is 18.7. The molecule has 1 amide bonds. The van der Waals surface area contributed by atoms with Crippen LogP contribution in [0.15, 0.2) is 30.6 Å². The summed E-state index contributed by atoms with van der Waals surface area (Å²) in [6.45, 7) is 5.97. The maximum atomic E-state index is 13.0. The fourth-order valence-corrected chi connectivity index (χ4v) is 6.32. The Hall–Kier alpha value is -2.13. The summed E-state index contributed by atoms with van der Waals surface area (Å²) in [5.74, 6) is 1.11. The number of rotatable bonds is 4. The lowest BCUT2D eigenvalue weighted by Gasteiger charge is -2.41. The van der Waals surface area contributed by atoms with Crippen LogP contribution in [0.25, 0.3) is 11.0 Å². The molecule has 8 heteroatoms. The molecule has 3 unspecified atom stereocenters. The number of benzene rings is 1. The minimum atomic E-state index is -0.00151. The fourth-order valence-electron chi connectivity index (χ4n) is 6.32. The Kier molecular flexibility index (Phi) is 5.33. The van der Waals surface area contributed by atoms with Gasteiger partial charge in [-0.2, -0.15) is 0 Å². The molecule has 1 saturated carbocycles. The minimum absolute atomic E-state index is 0.00151. The van der Waals surface area contributed by atoms with Crippen molar-refractivity contribution < 1.29 is 4.79 Å². The smallest absolute Gasteiger partial charge is 0.228 e. The van der Waals surface area contributed by atoms with Crippen LogP contribution in [0.2, 0.25) is 0 Å². The predicted molar refractivity (Wildman–Crippen MR) is 122 cm³/mol. The first-order valence-electron chi connectivity index (χ1n) is 12.2. The van der Waals surface area contributed by atoms with E-state index in [2.05, 4.69) is 61.1 Å². The van der Waals surface area contributed by atoms with Crippen LogP contribution in [0.5, 0.6) is 0 Å². The van der Waals surface area contributed by atoms with Crippen molar-refractivity contribution in [2.24, 2.45) is 17.8 Å². The highest BCUT2D eigenvalue weighted by molar-refractivity contribution is 5.81. The number of carbonyl (C=O) groups is 1. The van der Waals surface area contributed by atoms with Gasteiger partial charge in [-0.05, 0) is 36.5 Å². The molecular formula is C24H33N7O. The number of nitrogens with one attached hydrogen (secondary N) is 3. The summed E-state index contributed by atoms with van der Waals surface area (Å²) in [6.07, 6.45) is 8.67. The Morgan fingerprint density at radius 2 is 1.91 bits per heavy atom. The molecule has 0 spiro atoms. The first-order chi connectivity index (χ1) is 15.7. The molecule has 1 aromatic heterocycles. The van der Waals surface area contributed by atoms with Crippen LogP contribution in [0.3, 0.4) is 0 Å². The van der Waals surface area contributed by atoms with Gasteiger partial charge in [-0.3, -0.25) is 30.4 Å². The molecule has 8 nitrogen and oxygen atoms in total. The summed E-state index contributed by atoms with van der Waals surface area (Å²) in [5, 5.41) is 9.53. The molecule has 6 rings (SSSR count). The molecule has 4 fully saturated rings. The Morgan fingerprint density at radius 1 is 1.09 bits per heavy atom. The van der Waals surface area contributed by atoms with Gasteiger partial charge in [0.1, 0.15) is 0 Å². The third-order valence-electron chi connectivity index (χ3n) is 7.99. The van der Waals surface area contributed by atoms with E-state index in [1.54, 1.807) is 12.4 Å². The number of hydrogen-bond donors (Lipinski definition) is 3. The van der Waals surface area contributed by atoms with Crippen LogP contribution in [0, 0.1) is 17.8 Å². The van der Waals surface area contributed by atoms with Gasteiger partial charge in [0.25, 0.3) is 0 Å². The molecule has 1 aromatic carbocycles. The largest absolute Gasteiger partial charge is 0.340 e. The van der Waals surface area contributed by atoms with Gasteiger partial charge in [0.15, 0.2) is 0 Å². The zero-order valence-electron chi connectivity index (χ0n) is 18.7. The molecule has 1 aliphatic carbocycles. The minimum Gasteiger partial charge on any atom is -0.340 e. The molecular weight excluding hydrogens is 402 g/mol. The van der Waals surface area contributed by atoms with E-state index in [4.69, 9.17) is 0 Å². The topological polar surface area (TPSA) is 85.4 Å². The van der Waals surface area contributed by atoms with E-state index < -0.39 is 0 Å². The second-order valence-corrected chi connectivity index (χ2v) is 10.1. The van der Waals surface area contributed by atoms with E-state index in [9.17, 15) is 4.79 Å². The quantitative estimate of drug-likeness (QED) is 0.670. The van der Waals surface area contributed by atoms with Gasteiger partial charge >= 0.3 is 0 Å². The number of amides is 1. The molecule has 3 N–H and O–H groups in total. The van der Waals surface area contributed by atoms with E-state index in [1.165, 1.54) is 31.2 Å². The zero-order chi connectivity index (χ0) is 21.7. The summed E-state index contributed by atoms with van der Waals surface area (Å²) in [5.41, 5.74) is 6.68. The van der Waals surface area contributed by atoms with E-state index in [-0.39, 0.29) is 24.2 Å². The Bertz CT molecular complexity index is 993. The van der Waals surface area contributed by atoms with Crippen molar-refractivity contribution in [1.82, 2.24) is 35.9 Å². The lowest BCUT2D eigenvalue weighted by atomic mass is 9.91. The van der Waals surface area contributed by atoms with Gasteiger partial charge in [-0.15, -0.1) is 0 Å². The Labute approximate surface area is 189 Å². The first-order valence-corrected chi connectivity index (χ1v) is 12.2. The van der Waals surface area contributed by atoms with Gasteiger partial charge in [0, 0.05) is 50.5 Å². The molecule has 5 atom stereocenters. The molecule has 170 valence electrons. The summed E-state index contributed by atoms with van der Waals surface area (Å²) in [7, 11) is 0. The van der Waals surface area contributed by atoms with Gasteiger partial charge < -0.3 is 5.32 Å². The molecule has 3 saturated heterocycles. The van der Waals surface area contributed by atoms with Crippen molar-refractivity contribution in [3.8, 4) is 0 Å². The van der Waals surface area contributed by atoms with E-state index >= 15 is 0 Å². The van der Waals surface area contributed by atoms with Crippen LogP contribution in [-0.2, 0) is 11.3 Å². The lowest BCUT2D eigenvalue weighted by Crippen LogP contribution is -2.67. The van der Waals surface area contributed by atoms with Crippen LogP contribution in [0.4, 0.5) is 0 Å². The van der Waals surface area contributed by atoms with Crippen molar-refractivity contribution in [2.75, 3.05) is 19.6 Å². The molecule has 4 heterocycles. The highest BCUT2D eigenvalue weighted by atomic mass is 16.2. The average molecular weight is 436 g/mol. The van der Waals surface area contributed by atoms with Crippen LogP contribution >= 0.6 is 0 Å². The molecule has 2 aromatic rings. The third kappa shape index (κ3) is 3.69. The van der Waals surface area contributed by atoms with E-state index in [0.717, 1.165) is 37.2 Å². The summed E-state index contributed by atoms with van der Waals surface area (Å²) in [6, 6.07) is 6.92. The predicted octanol–water partition coefficient (Wildman–Crippen LogP) is 1.45. The van der Waals surface area contributed by atoms with Gasteiger partial charge in [0.2, 0.25) is 5.91 Å². The van der Waals surface area contributed by atoms with Crippen LogP contribution in [-0.4, -0.2) is 63.8 Å². The monoisotopic (exact) mass is 435 g/mol. The summed E-state index contributed by atoms with van der Waals surface area (Å²) in [4.78, 5) is 24.3. The van der Waals surface area contributed by atoms with Crippen molar-refractivity contribution in [2.45, 2.75) is 57.5 Å². The van der Waals surface area contributed by atoms with Gasteiger partial charge in [-0.1, -0.05) is 25.8 Å². The highest BCUT2D eigenvalue weighted by Crippen LogP contribution is 2.33. The SMILES string of the molecule is C[C@@H]1CN(Cc2ccc3nccnc3c2)C[C@H]1C1NC(=O)C2CNN(C3CCCC3)C2N1. The maximum Gasteiger partial charge on any atom is 0.228 e. The molecule has 32 heavy (non-hydrogen) atoms. The first kappa shape index (κ1) is 20.5. The van der Waals surface area contributed by atoms with E-state index in [1.807, 2.05) is 0 Å². The summed E-state index contributed by atoms with van der Waals surface area (Å²) < 4.78 is 0. The van der Waals surface area contributed by atoms with Crippen LogP contribution in [0.1, 0.15) is 38.2 Å². The number of hydrogen-bond acceptors (Lipinski definition) is 7. The maximum absolute atomic E-state index is 13.0. The van der Waals surface area contributed by atoms with Crippen molar-refractivity contribution in [3.05, 3.63) is 36.2 Å². The van der Waals surface area contributed by atoms with Crippen molar-refractivity contribution in [1.29, 1.82) is 0 Å². The van der Waals surface area contributed by atoms with Gasteiger partial charge in [-0.25, -0.2) is 5.01 Å². The number of carbonyl (C=O) groups excluding carboxylic acids is 1. The van der Waals surface area contributed by atoms with Crippen molar-refractivity contribution >= 4 is 16.9 Å². The number of fused-ring (bicyclic) bond motifs is 2. The standard InChI is InChI=1S/C24H33N7O/c1-15-12-30(13-16-6-7-20-21(10-16)26-9-8-25-20)14-19(15)22-28-23-18(24(32)29-22)11-27-31(23)17-4-2-3-5-17/h6-10,15,17-19,22-23,27-28H,2-5,11-14H2,1H3,(H,29,32)/t15-,18?,19-,22?,23?/m1/s1. The number of hydrazine groups is 1. The van der Waals surface area contributed by atoms with Crippen molar-refractivity contribution in [3.63, 3.8) is 0 Å². The number of aromatic nitrogens is 2. The molecule has 0 bridgehead atoms. The lowest BCUT2D eigenvalue weighted by molar-refractivity contribution is -0.131. The second kappa shape index (κ2) is 8.33. The average Bonchev–Trinajstić information content (AvgIpc) is 3.53. The number of likely N-dealkylation sites (tertiary alicyclic amines) is 1. The number of nitrogens with zero attached hydrogens (tertiary/aromatic N) is 4. The third-order valence-corrected chi connectivity index (χ3v) is 7.99. The molecule has 4 aliphatic rings. The Morgan fingerprint density at radius 3 is 2.75 bits per heavy atom. The van der Waals surface area contributed by atoms with Gasteiger partial charge in [0.05, 0.1) is 29.3 Å². The molecule has 3 aliphatic heterocycles. The second-order valence-electron chi connectivity index (χ2n) is 10.1. The highest BCUT2D eigenvalue weighted by Gasteiger charge is 2.49. The van der Waals surface area contributed by atoms with Crippen LogP contribution < -0.4 is 16.1 Å². The Balaban J connectivity index is 1.14. The summed E-state index contributed by atoms with van der Waals surface area (Å²) >= 11 is 0. The van der Waals surface area contributed by atoms with E-state index in [0.29, 0.717) is 17.9 Å². The normalized spacial score (nSPS) is 34.3.